The van der Waals surface area contributed by atoms with E-state index in [4.69, 9.17) is 4.42 Å². The third kappa shape index (κ3) is 3.71. The molecule has 8 heteroatoms. The monoisotopic (exact) mass is 431 g/mol. The fourth-order valence-corrected chi connectivity index (χ4v) is 3.40. The van der Waals surface area contributed by atoms with E-state index in [-0.39, 0.29) is 29.4 Å². The molecule has 2 amide bonds. The summed E-state index contributed by atoms with van der Waals surface area (Å²) >= 11 is 3.37. The van der Waals surface area contributed by atoms with Gasteiger partial charge in [-0.3, -0.25) is 9.59 Å². The van der Waals surface area contributed by atoms with E-state index in [1.54, 1.807) is 24.3 Å². The molecule has 0 spiro atoms. The van der Waals surface area contributed by atoms with Gasteiger partial charge < -0.3 is 15.1 Å². The molecule has 27 heavy (non-hydrogen) atoms. The summed E-state index contributed by atoms with van der Waals surface area (Å²) in [6, 6.07) is 9.41. The smallest absolute Gasteiger partial charge is 0.229 e. The van der Waals surface area contributed by atoms with Gasteiger partial charge in [-0.25, -0.2) is 9.37 Å². The molecule has 2 aromatic carbocycles. The molecule has 4 rings (SSSR count). The summed E-state index contributed by atoms with van der Waals surface area (Å²) in [6.45, 7) is 0.342. The van der Waals surface area contributed by atoms with Crippen LogP contribution in [0.4, 0.5) is 10.1 Å². The Kier molecular flexibility index (Phi) is 4.65. The summed E-state index contributed by atoms with van der Waals surface area (Å²) in [7, 11) is 0. The van der Waals surface area contributed by atoms with Crippen molar-refractivity contribution in [1.82, 2.24) is 10.3 Å². The standard InChI is InChI=1S/C19H15BrFN3O3/c20-14-4-2-11(21)7-13(14)19-24-15-8-12(3-5-16(15)27-19)23-18(26)10-1-6-17(25)22-9-10/h2-5,7-8,10H,1,6,9H2,(H,22,25)(H,23,26)/t10-/m1/s1. The molecule has 2 heterocycles. The summed E-state index contributed by atoms with van der Waals surface area (Å²) in [5.74, 6) is -0.530. The number of hydrogen-bond donors (Lipinski definition) is 2. The number of nitrogens with one attached hydrogen (secondary N) is 2. The first-order chi connectivity index (χ1) is 13.0. The van der Waals surface area contributed by atoms with Gasteiger partial charge in [0.15, 0.2) is 5.58 Å². The predicted octanol–water partition coefficient (Wildman–Crippen LogP) is 3.86. The minimum absolute atomic E-state index is 0.0286. The normalized spacial score (nSPS) is 17.0. The maximum atomic E-state index is 13.5. The minimum Gasteiger partial charge on any atom is -0.436 e. The largest absolute Gasteiger partial charge is 0.436 e. The zero-order chi connectivity index (χ0) is 19.0. The number of hydrogen-bond acceptors (Lipinski definition) is 4. The number of nitrogens with zero attached hydrogens (tertiary/aromatic N) is 1. The van der Waals surface area contributed by atoms with E-state index < -0.39 is 0 Å². The summed E-state index contributed by atoms with van der Waals surface area (Å²) in [5, 5.41) is 5.54. The summed E-state index contributed by atoms with van der Waals surface area (Å²) in [4.78, 5) is 28.0. The highest BCUT2D eigenvalue weighted by molar-refractivity contribution is 9.10. The van der Waals surface area contributed by atoms with Crippen LogP contribution in [-0.2, 0) is 9.59 Å². The molecule has 3 aromatic rings. The van der Waals surface area contributed by atoms with Crippen LogP contribution in [0, 0.1) is 11.7 Å². The van der Waals surface area contributed by atoms with E-state index >= 15 is 0 Å². The lowest BCUT2D eigenvalue weighted by Crippen LogP contribution is -2.40. The van der Waals surface area contributed by atoms with Crippen LogP contribution in [-0.4, -0.2) is 23.3 Å². The molecule has 0 bridgehead atoms. The van der Waals surface area contributed by atoms with Crippen LogP contribution < -0.4 is 10.6 Å². The molecule has 0 saturated carbocycles. The van der Waals surface area contributed by atoms with Crippen molar-refractivity contribution < 1.29 is 18.4 Å². The molecule has 1 aliphatic rings. The Balaban J connectivity index is 1.57. The van der Waals surface area contributed by atoms with Crippen molar-refractivity contribution in [1.29, 1.82) is 0 Å². The first kappa shape index (κ1) is 17.7. The quantitative estimate of drug-likeness (QED) is 0.659. The third-order valence-electron chi connectivity index (χ3n) is 4.45. The lowest BCUT2D eigenvalue weighted by atomic mass is 9.98. The van der Waals surface area contributed by atoms with Gasteiger partial charge in [-0.2, -0.15) is 0 Å². The molecule has 2 N–H and O–H groups in total. The maximum Gasteiger partial charge on any atom is 0.229 e. The highest BCUT2D eigenvalue weighted by Crippen LogP contribution is 2.31. The van der Waals surface area contributed by atoms with Crippen molar-refractivity contribution in [2.24, 2.45) is 5.92 Å². The Morgan fingerprint density at radius 3 is 2.93 bits per heavy atom. The number of anilines is 1. The van der Waals surface area contributed by atoms with Gasteiger partial charge in [-0.1, -0.05) is 0 Å². The number of piperidine rings is 1. The van der Waals surface area contributed by atoms with Crippen molar-refractivity contribution in [3.05, 3.63) is 46.7 Å². The Hall–Kier alpha value is -2.74. The van der Waals surface area contributed by atoms with E-state index in [1.165, 1.54) is 12.1 Å². The molecule has 1 atom stereocenters. The van der Waals surface area contributed by atoms with Crippen LogP contribution in [0.1, 0.15) is 12.8 Å². The number of carbonyl (C=O) groups excluding carboxylic acids is 2. The topological polar surface area (TPSA) is 84.2 Å². The SMILES string of the molecule is O=C1CC[C@@H](C(=O)Nc2ccc3oc(-c4cc(F)ccc4Br)nc3c2)CN1. The number of amides is 2. The van der Waals surface area contributed by atoms with Crippen molar-refractivity contribution in [3.8, 4) is 11.5 Å². The van der Waals surface area contributed by atoms with Crippen molar-refractivity contribution >= 4 is 44.5 Å². The summed E-state index contributed by atoms with van der Waals surface area (Å²) in [5.41, 5.74) is 2.18. The Labute approximate surface area is 162 Å². The number of benzene rings is 2. The second-order valence-corrected chi connectivity index (χ2v) is 7.21. The van der Waals surface area contributed by atoms with Crippen LogP contribution in [0.2, 0.25) is 0 Å². The number of rotatable bonds is 3. The first-order valence-electron chi connectivity index (χ1n) is 8.43. The molecule has 0 unspecified atom stereocenters. The zero-order valence-electron chi connectivity index (χ0n) is 14.1. The van der Waals surface area contributed by atoms with E-state index in [0.717, 1.165) is 0 Å². The number of aromatic nitrogens is 1. The van der Waals surface area contributed by atoms with E-state index in [0.29, 0.717) is 46.2 Å². The van der Waals surface area contributed by atoms with Crippen LogP contribution in [0.15, 0.2) is 45.3 Å². The number of oxazole rings is 1. The molecule has 1 aliphatic heterocycles. The van der Waals surface area contributed by atoms with E-state index in [9.17, 15) is 14.0 Å². The highest BCUT2D eigenvalue weighted by atomic mass is 79.9. The molecule has 1 saturated heterocycles. The average molecular weight is 432 g/mol. The number of fused-ring (bicyclic) bond motifs is 1. The van der Waals surface area contributed by atoms with Gasteiger partial charge in [0.1, 0.15) is 11.3 Å². The van der Waals surface area contributed by atoms with Gasteiger partial charge in [0.05, 0.1) is 11.5 Å². The van der Waals surface area contributed by atoms with Crippen molar-refractivity contribution in [3.63, 3.8) is 0 Å². The lowest BCUT2D eigenvalue weighted by molar-refractivity contribution is -0.126. The van der Waals surface area contributed by atoms with Crippen LogP contribution in [0.25, 0.3) is 22.6 Å². The molecule has 1 aromatic heterocycles. The fourth-order valence-electron chi connectivity index (χ4n) is 2.98. The molecule has 138 valence electrons. The Bertz CT molecular complexity index is 1040. The van der Waals surface area contributed by atoms with Crippen molar-refractivity contribution in [2.45, 2.75) is 12.8 Å². The summed E-state index contributed by atoms with van der Waals surface area (Å²) < 4.78 is 19.9. The minimum atomic E-state index is -0.386. The first-order valence-corrected chi connectivity index (χ1v) is 9.22. The van der Waals surface area contributed by atoms with Crippen LogP contribution in [0.5, 0.6) is 0 Å². The van der Waals surface area contributed by atoms with Crippen LogP contribution in [0.3, 0.4) is 0 Å². The van der Waals surface area contributed by atoms with Gasteiger partial charge in [-0.15, -0.1) is 0 Å². The molecule has 1 fully saturated rings. The third-order valence-corrected chi connectivity index (χ3v) is 5.14. The molecule has 6 nitrogen and oxygen atoms in total. The van der Waals surface area contributed by atoms with Crippen LogP contribution >= 0.6 is 15.9 Å². The van der Waals surface area contributed by atoms with E-state index in [2.05, 4.69) is 31.5 Å². The molecular weight excluding hydrogens is 417 g/mol. The molecule has 0 radical (unpaired) electrons. The number of halogens is 2. The second-order valence-electron chi connectivity index (χ2n) is 6.35. The lowest BCUT2D eigenvalue weighted by Gasteiger charge is -2.21. The Morgan fingerprint density at radius 2 is 2.15 bits per heavy atom. The highest BCUT2D eigenvalue weighted by Gasteiger charge is 2.24. The molecular formula is C19H15BrFN3O3. The van der Waals surface area contributed by atoms with E-state index in [1.807, 2.05) is 0 Å². The zero-order valence-corrected chi connectivity index (χ0v) is 15.7. The van der Waals surface area contributed by atoms with Gasteiger partial charge in [-0.05, 0) is 58.7 Å². The second kappa shape index (κ2) is 7.11. The van der Waals surface area contributed by atoms with Gasteiger partial charge >= 0.3 is 0 Å². The number of carbonyl (C=O) groups is 2. The van der Waals surface area contributed by atoms with Gasteiger partial charge in [0.2, 0.25) is 17.7 Å². The van der Waals surface area contributed by atoms with Crippen molar-refractivity contribution in [2.75, 3.05) is 11.9 Å². The fraction of sp³-hybridized carbons (Fsp3) is 0.211. The maximum absolute atomic E-state index is 13.5. The Morgan fingerprint density at radius 1 is 1.30 bits per heavy atom. The molecule has 0 aliphatic carbocycles. The summed E-state index contributed by atoms with van der Waals surface area (Å²) in [6.07, 6.45) is 0.883. The average Bonchev–Trinajstić information content (AvgIpc) is 3.07. The predicted molar refractivity (Wildman–Crippen MR) is 101 cm³/mol. The van der Waals surface area contributed by atoms with Gasteiger partial charge in [0, 0.05) is 23.1 Å². The van der Waals surface area contributed by atoms with Gasteiger partial charge in [0.25, 0.3) is 0 Å².